The van der Waals surface area contributed by atoms with E-state index in [4.69, 9.17) is 32.8 Å². The highest BCUT2D eigenvalue weighted by molar-refractivity contribution is 7.79. The highest BCUT2D eigenvalue weighted by Gasteiger charge is 2.09. The van der Waals surface area contributed by atoms with Crippen molar-refractivity contribution in [2.45, 2.75) is 41.0 Å². The lowest BCUT2D eigenvalue weighted by atomic mass is 10.4. The third-order valence-electron chi connectivity index (χ3n) is 1.20. The molecule has 0 aromatic rings. The summed E-state index contributed by atoms with van der Waals surface area (Å²) in [5.74, 6) is -3.70. The van der Waals surface area contributed by atoms with Gasteiger partial charge in [-0.25, -0.2) is 0 Å². The van der Waals surface area contributed by atoms with E-state index in [1.54, 1.807) is 20.8 Å². The molecule has 0 spiro atoms. The summed E-state index contributed by atoms with van der Waals surface area (Å²) in [4.78, 5) is 40.1. The van der Waals surface area contributed by atoms with Crippen molar-refractivity contribution in [3.8, 4) is 0 Å². The first-order valence-electron chi connectivity index (χ1n) is 6.80. The molecule has 14 heteroatoms. The second-order valence-electron chi connectivity index (χ2n) is 3.52. The fraction of sp³-hybridized carbons (Fsp3) is 0.692. The monoisotopic (exact) mass is 427 g/mol. The Morgan fingerprint density at radius 3 is 1.15 bits per heavy atom. The van der Waals surface area contributed by atoms with Gasteiger partial charge in [0.05, 0.1) is 13.2 Å². The predicted octanol–water partition coefficient (Wildman–Crippen LogP) is 0.276. The van der Waals surface area contributed by atoms with Crippen molar-refractivity contribution in [2.75, 3.05) is 19.8 Å². The number of esters is 2. The number of aliphatic carboxylic acids is 2. The van der Waals surface area contributed by atoms with Crippen molar-refractivity contribution in [3.63, 3.8) is 0 Å². The highest BCUT2D eigenvalue weighted by atomic mass is 32.3. The molecule has 0 aliphatic carbocycles. The van der Waals surface area contributed by atoms with Gasteiger partial charge in [-0.1, -0.05) is 7.43 Å². The maximum Gasteiger partial charge on any atom is 0.394 e. The zero-order valence-corrected chi connectivity index (χ0v) is 15.3. The average molecular weight is 427 g/mol. The van der Waals surface area contributed by atoms with Crippen LogP contribution in [0.1, 0.15) is 42.5 Å². The summed E-state index contributed by atoms with van der Waals surface area (Å²) >= 11 is 0. The molecule has 13 nitrogen and oxygen atoms in total. The normalized spacial score (nSPS) is 8.52. The zero-order chi connectivity index (χ0) is 21.8. The number of carboxylic acid groups (broad SMARTS) is 2. The van der Waals surface area contributed by atoms with Crippen molar-refractivity contribution in [3.05, 3.63) is 0 Å². The van der Waals surface area contributed by atoms with Crippen LogP contribution < -0.4 is 0 Å². The van der Waals surface area contributed by atoms with E-state index in [1.165, 1.54) is 0 Å². The molecule has 0 unspecified atom stereocenters. The van der Waals surface area contributed by atoms with Crippen LogP contribution in [0.5, 0.6) is 0 Å². The van der Waals surface area contributed by atoms with E-state index in [2.05, 4.69) is 9.47 Å². The number of hydrogen-bond acceptors (Lipinski definition) is 9. The fourth-order valence-electron chi connectivity index (χ4n) is 0.671. The smallest absolute Gasteiger partial charge is 0.394 e. The maximum atomic E-state index is 10.6. The lowest BCUT2D eigenvalue weighted by Crippen LogP contribution is -2.13. The Labute approximate surface area is 159 Å². The predicted molar refractivity (Wildman–Crippen MR) is 93.6 cm³/mol. The zero-order valence-electron chi connectivity index (χ0n) is 14.4. The summed E-state index contributed by atoms with van der Waals surface area (Å²) in [6, 6.07) is 0. The van der Waals surface area contributed by atoms with Crippen LogP contribution in [0.2, 0.25) is 0 Å². The maximum absolute atomic E-state index is 10.6. The number of aliphatic hydroxyl groups excluding tert-OH is 1. The first-order valence-corrected chi connectivity index (χ1v) is 8.20. The molecular formula is C13H30O13S. The molecule has 0 fully saturated rings. The Hall–Kier alpha value is -2.29. The van der Waals surface area contributed by atoms with E-state index in [1.807, 2.05) is 0 Å². The van der Waals surface area contributed by atoms with Gasteiger partial charge in [0.25, 0.3) is 0 Å². The Morgan fingerprint density at radius 1 is 0.815 bits per heavy atom. The lowest BCUT2D eigenvalue weighted by molar-refractivity contribution is -0.154. The first kappa shape index (κ1) is 35.8. The van der Waals surface area contributed by atoms with Crippen molar-refractivity contribution in [1.29, 1.82) is 0 Å². The van der Waals surface area contributed by atoms with Crippen LogP contribution in [0.25, 0.3) is 0 Å². The topological polar surface area (TPSA) is 222 Å². The third kappa shape index (κ3) is 81.5. The van der Waals surface area contributed by atoms with Crippen LogP contribution >= 0.6 is 0 Å². The standard InChI is InChI=1S/C7H12O4.C3H4O4.C2H6O.CH4.H2O4S.H2/c1-3-10-6(8)5-7(9)11-4-2;4-2(5)1-3(6)7;1-2-3;;1-5(2,3)4;/h3-5H2,1-2H3;1H2,(H,4,5)(H,6,7);3H,2H2,1H3;1H4;(H2,1,2,3,4);1H/i;;;;;1+1. The molecule has 0 atom stereocenters. The van der Waals surface area contributed by atoms with E-state index in [0.717, 1.165) is 0 Å². The van der Waals surface area contributed by atoms with Crippen LogP contribution in [0, 0.1) is 0 Å². The Bertz CT molecular complexity index is 469. The molecule has 0 aromatic carbocycles. The van der Waals surface area contributed by atoms with Crippen LogP contribution in [0.4, 0.5) is 0 Å². The van der Waals surface area contributed by atoms with Crippen LogP contribution in [0.15, 0.2) is 0 Å². The van der Waals surface area contributed by atoms with Crippen LogP contribution in [-0.2, 0) is 39.1 Å². The van der Waals surface area contributed by atoms with Gasteiger partial charge in [0.2, 0.25) is 0 Å². The van der Waals surface area contributed by atoms with Crippen molar-refractivity contribution in [2.24, 2.45) is 0 Å². The number of carboxylic acids is 2. The van der Waals surface area contributed by atoms with Gasteiger partial charge in [-0.3, -0.25) is 28.3 Å². The largest absolute Gasteiger partial charge is 0.481 e. The summed E-state index contributed by atoms with van der Waals surface area (Å²) in [5.41, 5.74) is 0. The van der Waals surface area contributed by atoms with Crippen molar-refractivity contribution >= 4 is 34.3 Å². The molecule has 0 bridgehead atoms. The molecule has 0 radical (unpaired) electrons. The highest BCUT2D eigenvalue weighted by Crippen LogP contribution is 1.89. The van der Waals surface area contributed by atoms with E-state index < -0.39 is 40.7 Å². The number of rotatable bonds is 6. The fourth-order valence-corrected chi connectivity index (χ4v) is 0.671. The van der Waals surface area contributed by atoms with E-state index in [9.17, 15) is 19.2 Å². The van der Waals surface area contributed by atoms with Gasteiger partial charge in [-0.05, 0) is 20.8 Å². The van der Waals surface area contributed by atoms with Crippen molar-refractivity contribution in [1.82, 2.24) is 0 Å². The lowest BCUT2D eigenvalue weighted by Gasteiger charge is -2.00. The number of aliphatic hydroxyl groups is 1. The summed E-state index contributed by atoms with van der Waals surface area (Å²) in [6.07, 6.45) is -1.10. The molecule has 0 aromatic heterocycles. The molecule has 0 saturated heterocycles. The van der Waals surface area contributed by atoms with E-state index in [-0.39, 0.29) is 35.1 Å². The molecule has 166 valence electrons. The molecule has 5 N–H and O–H groups in total. The summed E-state index contributed by atoms with van der Waals surface area (Å²) < 4.78 is 40.6. The number of ether oxygens (including phenoxy) is 2. The second kappa shape index (κ2) is 23.7. The van der Waals surface area contributed by atoms with Crippen LogP contribution in [0.3, 0.4) is 0 Å². The quantitative estimate of drug-likeness (QED) is 0.218. The van der Waals surface area contributed by atoms with E-state index >= 15 is 0 Å². The summed E-state index contributed by atoms with van der Waals surface area (Å²) in [5, 5.41) is 23.0. The number of hydrogen-bond donors (Lipinski definition) is 5. The Balaban J connectivity index is -0.0000000620. The summed E-state index contributed by atoms with van der Waals surface area (Å²) in [6.45, 7) is 5.88. The molecule has 0 heterocycles. The van der Waals surface area contributed by atoms with E-state index in [0.29, 0.717) is 0 Å². The molecule has 0 aliphatic rings. The molecule has 0 aliphatic heterocycles. The van der Waals surface area contributed by atoms with Crippen molar-refractivity contribution < 1.29 is 62.9 Å². The Morgan fingerprint density at radius 2 is 1.04 bits per heavy atom. The van der Waals surface area contributed by atoms with Crippen LogP contribution in [-0.4, -0.2) is 76.5 Å². The number of carbonyl (C=O) groups excluding carboxylic acids is 2. The molecule has 0 amide bonds. The average Bonchev–Trinajstić information content (AvgIpc) is 2.36. The molecular weight excluding hydrogens is 396 g/mol. The van der Waals surface area contributed by atoms with Gasteiger partial charge in [0.15, 0.2) is 0 Å². The first-order chi connectivity index (χ1) is 11.7. The SMILES string of the molecule is C.CCO.CCOC(=O)CC(=O)OCC.O=C(O)CC(=O)O.O=S(=O)(O)O.[2HH]. The number of carbonyl (C=O) groups is 4. The van der Waals surface area contributed by atoms with Gasteiger partial charge in [-0.15, -0.1) is 0 Å². The minimum atomic E-state index is -4.67. The molecule has 0 saturated carbocycles. The molecule has 0 rings (SSSR count). The molecule has 27 heavy (non-hydrogen) atoms. The second-order valence-corrected chi connectivity index (χ2v) is 4.41. The minimum Gasteiger partial charge on any atom is -0.481 e. The van der Waals surface area contributed by atoms with Gasteiger partial charge >= 0.3 is 34.3 Å². The third-order valence-corrected chi connectivity index (χ3v) is 1.20. The minimum absolute atomic E-state index is 0. The van der Waals surface area contributed by atoms with Gasteiger partial charge in [-0.2, -0.15) is 8.42 Å². The van der Waals surface area contributed by atoms with Gasteiger partial charge in [0, 0.05) is 8.03 Å². The van der Waals surface area contributed by atoms with Gasteiger partial charge < -0.3 is 24.8 Å². The summed E-state index contributed by atoms with van der Waals surface area (Å²) in [7, 11) is -4.67. The van der Waals surface area contributed by atoms with Gasteiger partial charge in [0.1, 0.15) is 12.8 Å². The Kier molecular flexibility index (Phi) is 31.4.